The molecule has 0 spiro atoms. The number of benzene rings is 2. The van der Waals surface area contributed by atoms with E-state index >= 15 is 0 Å². The van der Waals surface area contributed by atoms with E-state index in [2.05, 4.69) is 5.32 Å². The van der Waals surface area contributed by atoms with Crippen molar-refractivity contribution in [1.82, 2.24) is 0 Å². The molecule has 0 radical (unpaired) electrons. The first-order chi connectivity index (χ1) is 10.1. The summed E-state index contributed by atoms with van der Waals surface area (Å²) in [4.78, 5) is 11.8. The summed E-state index contributed by atoms with van der Waals surface area (Å²) in [6, 6.07) is 13.4. The van der Waals surface area contributed by atoms with Crippen LogP contribution in [0.2, 0.25) is 5.02 Å². The first-order valence-corrected chi connectivity index (χ1v) is 6.44. The summed E-state index contributed by atoms with van der Waals surface area (Å²) in [5.74, 6) is 0.153. The third-order valence-corrected chi connectivity index (χ3v) is 2.91. The highest BCUT2D eigenvalue weighted by atomic mass is 35.5. The molecule has 0 aromatic heterocycles. The second-order valence-electron chi connectivity index (χ2n) is 4.22. The molecule has 5 nitrogen and oxygen atoms in total. The standard InChI is InChI=1S/C15H12ClN3O2/c16-13-6-10(8-17)4-5-14(13)19-15(20)9-21-12-3-1-2-11(18)7-12/h1-7H,9,18H2,(H,19,20). The zero-order chi connectivity index (χ0) is 15.2. The molecule has 2 rings (SSSR count). The fourth-order valence-corrected chi connectivity index (χ4v) is 1.85. The maximum Gasteiger partial charge on any atom is 0.262 e. The Morgan fingerprint density at radius 1 is 1.33 bits per heavy atom. The van der Waals surface area contributed by atoms with E-state index in [1.807, 2.05) is 6.07 Å². The number of hydrogen-bond acceptors (Lipinski definition) is 4. The number of nitrogen functional groups attached to an aromatic ring is 1. The Morgan fingerprint density at radius 2 is 2.14 bits per heavy atom. The molecular weight excluding hydrogens is 290 g/mol. The molecule has 0 atom stereocenters. The summed E-state index contributed by atoms with van der Waals surface area (Å²) in [7, 11) is 0. The zero-order valence-corrected chi connectivity index (χ0v) is 11.7. The van der Waals surface area contributed by atoms with Crippen LogP contribution >= 0.6 is 11.6 Å². The van der Waals surface area contributed by atoms with Gasteiger partial charge in [0.25, 0.3) is 5.91 Å². The van der Waals surface area contributed by atoms with E-state index in [0.717, 1.165) is 0 Å². The highest BCUT2D eigenvalue weighted by molar-refractivity contribution is 6.33. The van der Waals surface area contributed by atoms with Crippen molar-refractivity contribution in [3.05, 3.63) is 53.1 Å². The number of nitrogens with two attached hydrogens (primary N) is 1. The van der Waals surface area contributed by atoms with E-state index < -0.39 is 0 Å². The molecule has 0 fully saturated rings. The molecule has 106 valence electrons. The van der Waals surface area contributed by atoms with E-state index in [9.17, 15) is 4.79 Å². The second kappa shape index (κ2) is 6.64. The molecular formula is C15H12ClN3O2. The average Bonchev–Trinajstić information content (AvgIpc) is 2.47. The number of anilines is 2. The summed E-state index contributed by atoms with van der Waals surface area (Å²) >= 11 is 5.97. The van der Waals surface area contributed by atoms with Gasteiger partial charge in [0, 0.05) is 11.8 Å². The molecule has 6 heteroatoms. The van der Waals surface area contributed by atoms with Crippen LogP contribution in [0.5, 0.6) is 5.75 Å². The summed E-state index contributed by atoms with van der Waals surface area (Å²) in [6.45, 7) is -0.167. The molecule has 2 aromatic rings. The Kier molecular flexibility index (Phi) is 4.64. The molecule has 0 heterocycles. The van der Waals surface area contributed by atoms with Gasteiger partial charge in [-0.1, -0.05) is 17.7 Å². The summed E-state index contributed by atoms with van der Waals surface area (Å²) in [5.41, 5.74) is 7.02. The van der Waals surface area contributed by atoms with Gasteiger partial charge in [-0.05, 0) is 30.3 Å². The van der Waals surface area contributed by atoms with Crippen LogP contribution in [-0.4, -0.2) is 12.5 Å². The number of amides is 1. The Labute approximate surface area is 126 Å². The number of carbonyl (C=O) groups is 1. The molecule has 0 aliphatic rings. The predicted octanol–water partition coefficient (Wildman–Crippen LogP) is 2.81. The predicted molar refractivity (Wildman–Crippen MR) is 81.1 cm³/mol. The Bertz CT molecular complexity index is 710. The number of nitrogens with one attached hydrogen (secondary N) is 1. The monoisotopic (exact) mass is 301 g/mol. The van der Waals surface area contributed by atoms with Crippen LogP contribution in [0.3, 0.4) is 0 Å². The Hall–Kier alpha value is -2.71. The molecule has 21 heavy (non-hydrogen) atoms. The van der Waals surface area contributed by atoms with Crippen LogP contribution in [0.15, 0.2) is 42.5 Å². The number of nitrogens with zero attached hydrogens (tertiary/aromatic N) is 1. The van der Waals surface area contributed by atoms with Crippen molar-refractivity contribution in [3.63, 3.8) is 0 Å². The quantitative estimate of drug-likeness (QED) is 0.850. The van der Waals surface area contributed by atoms with Crippen LogP contribution in [0.4, 0.5) is 11.4 Å². The number of halogens is 1. The SMILES string of the molecule is N#Cc1ccc(NC(=O)COc2cccc(N)c2)c(Cl)c1. The fourth-order valence-electron chi connectivity index (χ4n) is 1.63. The fraction of sp³-hybridized carbons (Fsp3) is 0.0667. The molecule has 2 aromatic carbocycles. The Morgan fingerprint density at radius 3 is 2.81 bits per heavy atom. The van der Waals surface area contributed by atoms with Crippen LogP contribution in [-0.2, 0) is 4.79 Å². The van der Waals surface area contributed by atoms with Crippen LogP contribution in [0.1, 0.15) is 5.56 Å². The lowest BCUT2D eigenvalue weighted by Gasteiger charge is -2.09. The summed E-state index contributed by atoms with van der Waals surface area (Å²) in [5, 5.41) is 11.6. The minimum atomic E-state index is -0.357. The van der Waals surface area contributed by atoms with Gasteiger partial charge in [-0.15, -0.1) is 0 Å². The van der Waals surface area contributed by atoms with Gasteiger partial charge < -0.3 is 15.8 Å². The Balaban J connectivity index is 1.95. The average molecular weight is 302 g/mol. The van der Waals surface area contributed by atoms with Gasteiger partial charge in [-0.3, -0.25) is 4.79 Å². The number of nitriles is 1. The molecule has 0 unspecified atom stereocenters. The molecule has 0 saturated heterocycles. The van der Waals surface area contributed by atoms with Gasteiger partial charge in [-0.2, -0.15) is 5.26 Å². The van der Waals surface area contributed by atoms with Gasteiger partial charge in [-0.25, -0.2) is 0 Å². The zero-order valence-electron chi connectivity index (χ0n) is 11.0. The highest BCUT2D eigenvalue weighted by Gasteiger charge is 2.07. The van der Waals surface area contributed by atoms with E-state index in [1.54, 1.807) is 36.4 Å². The largest absolute Gasteiger partial charge is 0.484 e. The maximum atomic E-state index is 11.8. The first-order valence-electron chi connectivity index (χ1n) is 6.06. The van der Waals surface area contributed by atoms with Crippen LogP contribution in [0.25, 0.3) is 0 Å². The molecule has 1 amide bonds. The number of rotatable bonds is 4. The maximum absolute atomic E-state index is 11.8. The topological polar surface area (TPSA) is 88.1 Å². The molecule has 0 bridgehead atoms. The van der Waals surface area contributed by atoms with Crippen molar-refractivity contribution < 1.29 is 9.53 Å². The van der Waals surface area contributed by atoms with Crippen molar-refractivity contribution >= 4 is 28.9 Å². The number of carbonyl (C=O) groups excluding carboxylic acids is 1. The van der Waals surface area contributed by atoms with Crippen molar-refractivity contribution in [1.29, 1.82) is 5.26 Å². The summed E-state index contributed by atoms with van der Waals surface area (Å²) in [6.07, 6.45) is 0. The lowest BCUT2D eigenvalue weighted by atomic mass is 10.2. The van der Waals surface area contributed by atoms with Crippen molar-refractivity contribution in [2.24, 2.45) is 0 Å². The van der Waals surface area contributed by atoms with Crippen LogP contribution in [0, 0.1) is 11.3 Å². The van der Waals surface area contributed by atoms with E-state index in [4.69, 9.17) is 27.3 Å². The van der Waals surface area contributed by atoms with Gasteiger partial charge in [0.05, 0.1) is 22.3 Å². The third kappa shape index (κ3) is 4.13. The second-order valence-corrected chi connectivity index (χ2v) is 4.62. The third-order valence-electron chi connectivity index (χ3n) is 2.60. The van der Waals surface area contributed by atoms with Crippen molar-refractivity contribution in [3.8, 4) is 11.8 Å². The smallest absolute Gasteiger partial charge is 0.262 e. The minimum Gasteiger partial charge on any atom is -0.484 e. The summed E-state index contributed by atoms with van der Waals surface area (Å²) < 4.78 is 5.32. The van der Waals surface area contributed by atoms with Gasteiger partial charge in [0.2, 0.25) is 0 Å². The number of ether oxygens (including phenoxy) is 1. The van der Waals surface area contributed by atoms with Crippen LogP contribution < -0.4 is 15.8 Å². The minimum absolute atomic E-state index is 0.167. The highest BCUT2D eigenvalue weighted by Crippen LogP contribution is 2.22. The van der Waals surface area contributed by atoms with E-state index in [-0.39, 0.29) is 12.5 Å². The molecule has 0 saturated carbocycles. The van der Waals surface area contributed by atoms with Crippen molar-refractivity contribution in [2.75, 3.05) is 17.7 Å². The molecule has 3 N–H and O–H groups in total. The number of hydrogen-bond donors (Lipinski definition) is 2. The lowest BCUT2D eigenvalue weighted by Crippen LogP contribution is -2.20. The van der Waals surface area contributed by atoms with Gasteiger partial charge >= 0.3 is 0 Å². The van der Waals surface area contributed by atoms with Crippen molar-refractivity contribution in [2.45, 2.75) is 0 Å². The van der Waals surface area contributed by atoms with Gasteiger partial charge in [0.15, 0.2) is 6.61 Å². The molecule has 0 aliphatic carbocycles. The lowest BCUT2D eigenvalue weighted by molar-refractivity contribution is -0.118. The molecule has 0 aliphatic heterocycles. The van der Waals surface area contributed by atoms with E-state index in [0.29, 0.717) is 27.7 Å². The normalized spacial score (nSPS) is 9.71. The van der Waals surface area contributed by atoms with E-state index in [1.165, 1.54) is 6.07 Å². The first kappa shape index (κ1) is 14.7. The van der Waals surface area contributed by atoms with Gasteiger partial charge in [0.1, 0.15) is 5.75 Å².